The summed E-state index contributed by atoms with van der Waals surface area (Å²) in [5.74, 6) is -0.917. The molecule has 0 aliphatic rings. The summed E-state index contributed by atoms with van der Waals surface area (Å²) in [5, 5.41) is 48.6. The Morgan fingerprint density at radius 2 is 1.00 bits per heavy atom. The van der Waals surface area contributed by atoms with E-state index in [2.05, 4.69) is 31.1 Å². The molecule has 4 N–H and O–H groups in total. The van der Waals surface area contributed by atoms with Crippen molar-refractivity contribution < 1.29 is 55.2 Å². The molecule has 392 valence electrons. The molecule has 0 aliphatic heterocycles. The zero-order valence-electron chi connectivity index (χ0n) is 41.6. The second kappa shape index (κ2) is 26.3. The van der Waals surface area contributed by atoms with Crippen molar-refractivity contribution in [1.82, 2.24) is 0 Å². The number of amides is 2. The van der Waals surface area contributed by atoms with Gasteiger partial charge in [-0.25, -0.2) is 8.42 Å². The van der Waals surface area contributed by atoms with Crippen molar-refractivity contribution in [3.8, 4) is 23.0 Å². The van der Waals surface area contributed by atoms with Crippen LogP contribution in [0.4, 0.5) is 34.1 Å². The van der Waals surface area contributed by atoms with E-state index in [4.69, 9.17) is 32.7 Å². The zero-order chi connectivity index (χ0) is 54.9. The summed E-state index contributed by atoms with van der Waals surface area (Å²) in [4.78, 5) is 25.4. The van der Waals surface area contributed by atoms with Gasteiger partial charge in [0.15, 0.2) is 5.75 Å². The predicted molar refractivity (Wildman–Crippen MR) is 294 cm³/mol. The van der Waals surface area contributed by atoms with E-state index in [0.717, 1.165) is 6.07 Å². The summed E-state index contributed by atoms with van der Waals surface area (Å²) in [6.45, 7) is 8.09. The van der Waals surface area contributed by atoms with Gasteiger partial charge in [-0.1, -0.05) is 91.3 Å². The number of nitrogens with zero attached hydrogens (tertiary/aromatic N) is 4. The third-order valence-corrected chi connectivity index (χ3v) is 14.1. The van der Waals surface area contributed by atoms with Crippen LogP contribution >= 0.6 is 23.2 Å². The van der Waals surface area contributed by atoms with Gasteiger partial charge in [-0.05, 0) is 134 Å². The van der Waals surface area contributed by atoms with Crippen LogP contribution < -0.4 is 25.2 Å². The molecule has 0 saturated heterocycles. The Kier molecular flexibility index (Phi) is 20.4. The van der Waals surface area contributed by atoms with Crippen LogP contribution in [-0.4, -0.2) is 105 Å². The number of fused-ring (bicyclic) bond motifs is 2. The Morgan fingerprint density at radius 1 is 0.584 bits per heavy atom. The van der Waals surface area contributed by atoms with Crippen LogP contribution in [0.15, 0.2) is 164 Å². The predicted octanol–water partition coefficient (Wildman–Crippen LogP) is 12.8. The van der Waals surface area contributed by atoms with E-state index in [1.807, 2.05) is 13.8 Å². The molecule has 8 rings (SSSR count). The fourth-order valence-electron chi connectivity index (χ4n) is 7.85. The number of rotatable bonds is 16. The van der Waals surface area contributed by atoms with E-state index in [1.54, 1.807) is 117 Å². The largest absolute Gasteiger partial charge is 2.00 e. The van der Waals surface area contributed by atoms with Crippen molar-refractivity contribution in [2.75, 3.05) is 23.8 Å². The number of phenols is 1. The van der Waals surface area contributed by atoms with Gasteiger partial charge in [0, 0.05) is 27.7 Å². The van der Waals surface area contributed by atoms with Crippen LogP contribution in [0.25, 0.3) is 21.5 Å². The van der Waals surface area contributed by atoms with E-state index >= 15 is 0 Å². The molecule has 0 spiro atoms. The van der Waals surface area contributed by atoms with Gasteiger partial charge in [-0.2, -0.15) is 13.5 Å². The number of hydrogen-bond acceptors (Lipinski definition) is 15. The number of azo groups is 2. The molecule has 0 saturated carbocycles. The molecule has 2 amide bonds. The average Bonchev–Trinajstić information content (AvgIpc) is 3.41. The van der Waals surface area contributed by atoms with Crippen LogP contribution in [0.5, 0.6) is 23.0 Å². The van der Waals surface area contributed by atoms with Crippen LogP contribution in [-0.2, 0) is 33.1 Å². The quantitative estimate of drug-likeness (QED) is 0.0399. The topological polar surface area (TPSA) is 281 Å². The van der Waals surface area contributed by atoms with Gasteiger partial charge >= 0.3 is 48.9 Å². The number of nitrogens with one attached hydrogen (secondary N) is 2. The summed E-state index contributed by atoms with van der Waals surface area (Å²) in [6, 6.07) is 35.3. The Morgan fingerprint density at radius 3 is 1.45 bits per heavy atom. The van der Waals surface area contributed by atoms with Crippen LogP contribution in [0.3, 0.4) is 0 Å². The molecule has 0 bridgehead atoms. The van der Waals surface area contributed by atoms with Crippen molar-refractivity contribution in [1.29, 1.82) is 0 Å². The fourth-order valence-corrected chi connectivity index (χ4v) is 10.2. The first-order valence-electron chi connectivity index (χ1n) is 23.2. The van der Waals surface area contributed by atoms with Gasteiger partial charge in [0.25, 0.3) is 21.9 Å². The van der Waals surface area contributed by atoms with Crippen molar-refractivity contribution in [2.24, 2.45) is 20.5 Å². The van der Waals surface area contributed by atoms with Crippen LogP contribution in [0.1, 0.15) is 59.5 Å². The molecular formula is C54H46BaCl2N6O12S2. The second-order valence-corrected chi connectivity index (χ2v) is 19.8. The van der Waals surface area contributed by atoms with E-state index in [-0.39, 0.29) is 122 Å². The first-order chi connectivity index (χ1) is 36.3. The van der Waals surface area contributed by atoms with Crippen molar-refractivity contribution in [2.45, 2.75) is 50.3 Å². The minimum atomic E-state index is -4.74. The third kappa shape index (κ3) is 14.2. The summed E-state index contributed by atoms with van der Waals surface area (Å²) < 4.78 is 78.4. The number of carbonyl (C=O) groups is 2. The molecule has 8 aromatic rings. The van der Waals surface area contributed by atoms with Gasteiger partial charge in [0.2, 0.25) is 0 Å². The van der Waals surface area contributed by atoms with Crippen LogP contribution in [0, 0.1) is 0 Å². The minimum Gasteiger partial charge on any atom is -0.870 e. The van der Waals surface area contributed by atoms with Crippen LogP contribution in [0.2, 0.25) is 10.0 Å². The molecule has 77 heavy (non-hydrogen) atoms. The monoisotopic (exact) mass is 1240 g/mol. The first kappa shape index (κ1) is 59.8. The Labute approximate surface area is 493 Å². The standard InChI is InChI=1S/2C27H24ClN3O6S.Ba/c2*1-3-19-23(38(34,35)36)14-13-22(24(19)28)30-31-25-20-8-6-5-7-16(20)15-21(26(25)32)27(33)29-17-9-11-18(12-10-17)37-4-2;/h2*5-15,32H,3-4H2,1-2H3,(H,29,33)(H,34,35,36);/q;;+2/p-2. The van der Waals surface area contributed by atoms with E-state index < -0.39 is 48.4 Å². The smallest absolute Gasteiger partial charge is 0.870 e. The Balaban J connectivity index is 0.000000246. The number of ether oxygens (including phenoxy) is 2. The van der Waals surface area contributed by atoms with Gasteiger partial charge in [-0.3, -0.25) is 14.1 Å². The van der Waals surface area contributed by atoms with Gasteiger partial charge in [-0.15, -0.1) is 15.3 Å². The maximum Gasteiger partial charge on any atom is 2.00 e. The molecular weight excluding hydrogens is 1200 g/mol. The van der Waals surface area contributed by atoms with Crippen molar-refractivity contribution in [3.05, 3.63) is 166 Å². The third-order valence-electron chi connectivity index (χ3n) is 11.4. The van der Waals surface area contributed by atoms with Crippen molar-refractivity contribution >= 4 is 160 Å². The van der Waals surface area contributed by atoms with Gasteiger partial charge < -0.3 is 34.9 Å². The van der Waals surface area contributed by atoms with Gasteiger partial charge in [0.1, 0.15) is 38.7 Å². The maximum atomic E-state index is 13.4. The maximum absolute atomic E-state index is 13.4. The summed E-state index contributed by atoms with van der Waals surface area (Å²) in [6.07, 6.45) is 0.378. The fraction of sp³-hybridized carbons (Fsp3) is 0.148. The molecule has 18 nitrogen and oxygen atoms in total. The zero-order valence-corrected chi connectivity index (χ0v) is 49.2. The number of halogens is 2. The number of carbonyl (C=O) groups excluding carboxylic acids is 2. The number of hydrogen-bond donors (Lipinski definition) is 4. The first-order valence-corrected chi connectivity index (χ1v) is 26.8. The van der Waals surface area contributed by atoms with E-state index in [9.17, 15) is 45.7 Å². The molecule has 0 fully saturated rings. The Hall–Kier alpha value is -6.41. The summed E-state index contributed by atoms with van der Waals surface area (Å²) >= 11 is 12.7. The molecule has 0 atom stereocenters. The SMILES string of the molecule is CCOc1ccc(NC(=O)c2cc3ccccc3c(N=Nc3ccc(S(=O)(=O)O)c(CC)c3Cl)c2O)cc1.CCOc1ccc(NC(=O)c2cc3ccccc3c(N=Nc3ccc(S(=O)(=O)[O-])c(CC)c3Cl)c2[O-])cc1.[Ba+2]. The molecule has 23 heteroatoms. The number of phenolic OH excluding ortho intramolecular Hbond substituents is 1. The summed E-state index contributed by atoms with van der Waals surface area (Å²) in [5.41, 5.74) is 1.26. The molecule has 0 unspecified atom stereocenters. The van der Waals surface area contributed by atoms with E-state index in [1.165, 1.54) is 24.3 Å². The molecule has 8 aromatic carbocycles. The summed E-state index contributed by atoms with van der Waals surface area (Å²) in [7, 11) is -9.22. The number of anilines is 2. The number of aromatic hydroxyl groups is 1. The second-order valence-electron chi connectivity index (χ2n) is 16.3. The normalized spacial score (nSPS) is 11.5. The molecule has 0 aliphatic carbocycles. The molecule has 0 heterocycles. The van der Waals surface area contributed by atoms with Crippen molar-refractivity contribution in [3.63, 3.8) is 0 Å². The molecule has 0 aromatic heterocycles. The molecule has 0 radical (unpaired) electrons. The number of benzene rings is 8. The average molecular weight is 1240 g/mol. The minimum absolute atomic E-state index is 0. The Bertz CT molecular complexity index is 3560. The van der Waals surface area contributed by atoms with Gasteiger partial charge in [0.05, 0.1) is 44.3 Å². The van der Waals surface area contributed by atoms with E-state index in [0.29, 0.717) is 57.6 Å².